The van der Waals surface area contributed by atoms with Crippen LogP contribution >= 0.6 is 0 Å². The monoisotopic (exact) mass is 603 g/mol. The molecule has 0 aliphatic heterocycles. The van der Waals surface area contributed by atoms with Gasteiger partial charge in [-0.25, -0.2) is 0 Å². The molecule has 0 heterocycles. The lowest BCUT2D eigenvalue weighted by molar-refractivity contribution is -0.211. The van der Waals surface area contributed by atoms with Crippen LogP contribution < -0.4 is 0 Å². The second-order valence-corrected chi connectivity index (χ2v) is 13.0. The average Bonchev–Trinajstić information content (AvgIpc) is 3.00. The van der Waals surface area contributed by atoms with E-state index in [0.29, 0.717) is 13.0 Å². The van der Waals surface area contributed by atoms with Crippen LogP contribution in [-0.4, -0.2) is 69.3 Å². The fraction of sp³-hybridized carbons (Fsp3) is 1.00. The third-order valence-electron chi connectivity index (χ3n) is 9.01. The Bertz CT molecular complexity index is 533. The number of rotatable bonds is 34. The first-order chi connectivity index (χ1) is 20.5. The number of hydrogen-bond donors (Lipinski definition) is 5. The Morgan fingerprint density at radius 1 is 0.476 bits per heavy atom. The Kier molecular flexibility index (Phi) is 30.6. The van der Waals surface area contributed by atoms with E-state index in [4.69, 9.17) is 4.74 Å². The maximum absolute atomic E-state index is 11.4. The van der Waals surface area contributed by atoms with E-state index in [1.165, 1.54) is 122 Å². The van der Waals surface area contributed by atoms with Crippen molar-refractivity contribution in [1.82, 2.24) is 0 Å². The number of ether oxygens (including phenoxy) is 1. The molecule has 4 atom stereocenters. The second-order valence-electron chi connectivity index (χ2n) is 13.0. The van der Waals surface area contributed by atoms with Crippen molar-refractivity contribution in [3.05, 3.63) is 0 Å². The van der Waals surface area contributed by atoms with Crippen LogP contribution in [0.5, 0.6) is 0 Å². The van der Waals surface area contributed by atoms with Crippen molar-refractivity contribution in [2.24, 2.45) is 0 Å². The highest BCUT2D eigenvalue weighted by Gasteiger charge is 2.46. The standard InChI is InChI=1S/C36H74O6/c1-3-5-7-9-11-13-15-17-19-21-23-25-27-29-36(41,34(40)32-38)35(33(39)31-37)42-30-28-26-24-22-20-18-16-14-12-10-8-6-4-2/h33-35,37-41H,3-32H2,1-2H3/t33-,34-,35-,36-/m1/s1. The zero-order chi connectivity index (χ0) is 31.2. The minimum Gasteiger partial charge on any atom is -0.394 e. The van der Waals surface area contributed by atoms with Gasteiger partial charge in [-0.2, -0.15) is 0 Å². The van der Waals surface area contributed by atoms with E-state index < -0.39 is 37.1 Å². The van der Waals surface area contributed by atoms with Crippen LogP contribution in [0.1, 0.15) is 187 Å². The molecule has 42 heavy (non-hydrogen) atoms. The third-order valence-corrected chi connectivity index (χ3v) is 9.01. The van der Waals surface area contributed by atoms with Gasteiger partial charge < -0.3 is 30.3 Å². The van der Waals surface area contributed by atoms with Gasteiger partial charge in [0.15, 0.2) is 0 Å². The van der Waals surface area contributed by atoms with E-state index in [9.17, 15) is 25.5 Å². The fourth-order valence-electron chi connectivity index (χ4n) is 6.10. The number of hydrogen-bond acceptors (Lipinski definition) is 6. The van der Waals surface area contributed by atoms with Crippen LogP contribution in [-0.2, 0) is 4.74 Å². The fourth-order valence-corrected chi connectivity index (χ4v) is 6.10. The summed E-state index contributed by atoms with van der Waals surface area (Å²) >= 11 is 0. The quantitative estimate of drug-likeness (QED) is 0.0473. The molecule has 0 fully saturated rings. The lowest BCUT2D eigenvalue weighted by Gasteiger charge is -2.41. The van der Waals surface area contributed by atoms with Crippen molar-refractivity contribution in [2.75, 3.05) is 19.8 Å². The molecule has 6 nitrogen and oxygen atoms in total. The van der Waals surface area contributed by atoms with Crippen LogP contribution in [0.25, 0.3) is 0 Å². The number of aliphatic hydroxyl groups is 5. The molecular weight excluding hydrogens is 528 g/mol. The zero-order valence-corrected chi connectivity index (χ0v) is 28.1. The predicted octanol–water partition coefficient (Wildman–Crippen LogP) is 8.38. The van der Waals surface area contributed by atoms with Gasteiger partial charge in [-0.15, -0.1) is 0 Å². The molecule has 0 radical (unpaired) electrons. The minimum absolute atomic E-state index is 0.215. The lowest BCUT2D eigenvalue weighted by Crippen LogP contribution is -2.59. The zero-order valence-electron chi connectivity index (χ0n) is 28.1. The largest absolute Gasteiger partial charge is 0.394 e. The molecule has 0 aromatic carbocycles. The Morgan fingerprint density at radius 3 is 1.14 bits per heavy atom. The van der Waals surface area contributed by atoms with Crippen LogP contribution in [0.15, 0.2) is 0 Å². The molecule has 0 unspecified atom stereocenters. The van der Waals surface area contributed by atoms with Crippen molar-refractivity contribution in [3.63, 3.8) is 0 Å². The summed E-state index contributed by atoms with van der Waals surface area (Å²) in [5.74, 6) is 0. The Hall–Kier alpha value is -0.240. The summed E-state index contributed by atoms with van der Waals surface area (Å²) in [4.78, 5) is 0. The Balaban J connectivity index is 4.22. The Labute approximate surface area is 261 Å². The molecule has 0 aliphatic carbocycles. The van der Waals surface area contributed by atoms with E-state index >= 15 is 0 Å². The molecule has 5 N–H and O–H groups in total. The van der Waals surface area contributed by atoms with Crippen LogP contribution in [0.4, 0.5) is 0 Å². The number of aliphatic hydroxyl groups excluding tert-OH is 4. The van der Waals surface area contributed by atoms with Gasteiger partial charge in [-0.1, -0.05) is 174 Å². The highest BCUT2D eigenvalue weighted by atomic mass is 16.5. The smallest absolute Gasteiger partial charge is 0.121 e. The summed E-state index contributed by atoms with van der Waals surface area (Å²) < 4.78 is 5.92. The first-order valence-corrected chi connectivity index (χ1v) is 18.4. The predicted molar refractivity (Wildman–Crippen MR) is 177 cm³/mol. The van der Waals surface area contributed by atoms with Crippen molar-refractivity contribution < 1.29 is 30.3 Å². The summed E-state index contributed by atoms with van der Waals surface area (Å²) in [6.07, 6.45) is 28.2. The highest BCUT2D eigenvalue weighted by molar-refractivity contribution is 4.97. The molecule has 254 valence electrons. The van der Waals surface area contributed by atoms with E-state index in [-0.39, 0.29) is 6.42 Å². The van der Waals surface area contributed by atoms with Gasteiger partial charge in [0.1, 0.15) is 23.9 Å². The second kappa shape index (κ2) is 30.8. The van der Waals surface area contributed by atoms with E-state index in [0.717, 1.165) is 38.5 Å². The molecule has 0 saturated heterocycles. The summed E-state index contributed by atoms with van der Waals surface area (Å²) in [6.45, 7) is 3.67. The lowest BCUT2D eigenvalue weighted by atomic mass is 9.82. The molecule has 0 aromatic heterocycles. The maximum Gasteiger partial charge on any atom is 0.121 e. The van der Waals surface area contributed by atoms with Gasteiger partial charge >= 0.3 is 0 Å². The first kappa shape index (κ1) is 41.8. The molecule has 0 amide bonds. The molecule has 0 bridgehead atoms. The molecular formula is C36H74O6. The summed E-state index contributed by atoms with van der Waals surface area (Å²) in [5.41, 5.74) is -1.80. The molecule has 0 spiro atoms. The van der Waals surface area contributed by atoms with Crippen LogP contribution in [0.2, 0.25) is 0 Å². The average molecular weight is 603 g/mol. The normalized spacial score (nSPS) is 15.5. The van der Waals surface area contributed by atoms with Gasteiger partial charge in [-0.05, 0) is 12.8 Å². The summed E-state index contributed by atoms with van der Waals surface area (Å²) in [6, 6.07) is 0. The molecule has 6 heteroatoms. The summed E-state index contributed by atoms with van der Waals surface area (Å²) in [5, 5.41) is 51.7. The molecule has 0 aromatic rings. The molecule has 0 saturated carbocycles. The van der Waals surface area contributed by atoms with Gasteiger partial charge in [-0.3, -0.25) is 0 Å². The first-order valence-electron chi connectivity index (χ1n) is 18.4. The van der Waals surface area contributed by atoms with Crippen molar-refractivity contribution in [1.29, 1.82) is 0 Å². The number of unbranched alkanes of at least 4 members (excludes halogenated alkanes) is 24. The van der Waals surface area contributed by atoms with Crippen LogP contribution in [0.3, 0.4) is 0 Å². The maximum atomic E-state index is 11.4. The van der Waals surface area contributed by atoms with Gasteiger partial charge in [0.25, 0.3) is 0 Å². The van der Waals surface area contributed by atoms with Crippen molar-refractivity contribution in [2.45, 2.75) is 211 Å². The molecule has 0 aliphatic rings. The minimum atomic E-state index is -1.80. The van der Waals surface area contributed by atoms with Gasteiger partial charge in [0.2, 0.25) is 0 Å². The van der Waals surface area contributed by atoms with Gasteiger partial charge in [0, 0.05) is 6.61 Å². The molecule has 0 rings (SSSR count). The topological polar surface area (TPSA) is 110 Å². The van der Waals surface area contributed by atoms with Crippen molar-refractivity contribution in [3.8, 4) is 0 Å². The highest BCUT2D eigenvalue weighted by Crippen LogP contribution is 2.29. The van der Waals surface area contributed by atoms with E-state index in [2.05, 4.69) is 13.8 Å². The third kappa shape index (κ3) is 22.3. The van der Waals surface area contributed by atoms with Crippen molar-refractivity contribution >= 4 is 0 Å². The Morgan fingerprint density at radius 2 is 0.810 bits per heavy atom. The van der Waals surface area contributed by atoms with Crippen LogP contribution in [0, 0.1) is 0 Å². The summed E-state index contributed by atoms with van der Waals surface area (Å²) in [7, 11) is 0. The van der Waals surface area contributed by atoms with E-state index in [1.54, 1.807) is 0 Å². The SMILES string of the molecule is CCCCCCCCCCCCCCCO[C@H]([C@H](O)CO)[C@@](O)(CCCCCCCCCCCCCCC)[C@H](O)CO. The van der Waals surface area contributed by atoms with E-state index in [1.807, 2.05) is 0 Å². The van der Waals surface area contributed by atoms with Gasteiger partial charge in [0.05, 0.1) is 13.2 Å².